The van der Waals surface area contributed by atoms with Crippen LogP contribution in [0, 0.1) is 0 Å². The summed E-state index contributed by atoms with van der Waals surface area (Å²) in [6.07, 6.45) is 1.38. The number of amides is 2. The fourth-order valence-corrected chi connectivity index (χ4v) is 5.17. The molecule has 3 aromatic carbocycles. The molecule has 1 fully saturated rings. The molecule has 4 rings (SSSR count). The van der Waals surface area contributed by atoms with Crippen LogP contribution in [0.2, 0.25) is 10.0 Å². The summed E-state index contributed by atoms with van der Waals surface area (Å²) >= 11 is 12.1. The number of rotatable bonds is 10. The first-order chi connectivity index (χ1) is 18.5. The minimum absolute atomic E-state index is 0.0515. The molecule has 1 aliphatic rings. The topological polar surface area (TPSA) is 73.5 Å². The second-order valence-electron chi connectivity index (χ2n) is 9.59. The normalized spacial score (nSPS) is 17.9. The van der Waals surface area contributed by atoms with E-state index in [4.69, 9.17) is 23.2 Å². The molecule has 0 saturated carbocycles. The molecule has 38 heavy (non-hydrogen) atoms. The number of halogens is 2. The summed E-state index contributed by atoms with van der Waals surface area (Å²) in [7, 11) is 1.88. The van der Waals surface area contributed by atoms with Crippen LogP contribution in [0.1, 0.15) is 40.2 Å². The molecule has 2 unspecified atom stereocenters. The molecule has 0 aromatic heterocycles. The third kappa shape index (κ3) is 7.35. The lowest BCUT2D eigenvalue weighted by Crippen LogP contribution is -2.50. The van der Waals surface area contributed by atoms with Gasteiger partial charge in [0, 0.05) is 37.2 Å². The molecule has 2 atom stereocenters. The summed E-state index contributed by atoms with van der Waals surface area (Å²) in [4.78, 5) is 28.5. The van der Waals surface area contributed by atoms with E-state index in [1.165, 1.54) is 11.1 Å². The van der Waals surface area contributed by atoms with Crippen LogP contribution >= 0.6 is 23.2 Å². The van der Waals surface area contributed by atoms with Crippen LogP contribution < -0.4 is 16.0 Å². The number of nitrogens with one attached hydrogen (secondary N) is 3. The van der Waals surface area contributed by atoms with Gasteiger partial charge in [0.15, 0.2) is 0 Å². The Morgan fingerprint density at radius 3 is 2.26 bits per heavy atom. The van der Waals surface area contributed by atoms with Crippen molar-refractivity contribution in [2.24, 2.45) is 0 Å². The Morgan fingerprint density at radius 2 is 1.66 bits per heavy atom. The molecule has 0 aliphatic carbocycles. The van der Waals surface area contributed by atoms with Crippen LogP contribution in [-0.2, 0) is 4.79 Å². The van der Waals surface area contributed by atoms with E-state index in [0.717, 1.165) is 6.42 Å². The molecular formula is C30H34Cl2N4O2. The summed E-state index contributed by atoms with van der Waals surface area (Å²) in [5, 5.41) is 10.4. The number of hydrogen-bond acceptors (Lipinski definition) is 4. The molecule has 0 bridgehead atoms. The Hall–Kier alpha value is -2.90. The minimum atomic E-state index is -0.343. The first-order valence-electron chi connectivity index (χ1n) is 13.0. The van der Waals surface area contributed by atoms with Crippen molar-refractivity contribution >= 4 is 35.0 Å². The molecule has 1 aliphatic heterocycles. The van der Waals surface area contributed by atoms with Gasteiger partial charge in [-0.15, -0.1) is 0 Å². The molecule has 1 saturated heterocycles. The van der Waals surface area contributed by atoms with Gasteiger partial charge in [0.05, 0.1) is 16.1 Å². The first kappa shape index (κ1) is 28.1. The maximum Gasteiger partial charge on any atom is 0.251 e. The highest BCUT2D eigenvalue weighted by Gasteiger charge is 2.32. The van der Waals surface area contributed by atoms with E-state index in [2.05, 4.69) is 40.2 Å². The highest BCUT2D eigenvalue weighted by molar-refractivity contribution is 6.42. The molecule has 8 heteroatoms. The summed E-state index contributed by atoms with van der Waals surface area (Å²) in [6.45, 7) is 2.30. The third-order valence-electron chi connectivity index (χ3n) is 6.97. The van der Waals surface area contributed by atoms with Gasteiger partial charge < -0.3 is 20.9 Å². The highest BCUT2D eigenvalue weighted by atomic mass is 35.5. The monoisotopic (exact) mass is 552 g/mol. The van der Waals surface area contributed by atoms with Crippen LogP contribution in [0.5, 0.6) is 0 Å². The molecule has 1 heterocycles. The van der Waals surface area contributed by atoms with Crippen LogP contribution in [0.3, 0.4) is 0 Å². The van der Waals surface area contributed by atoms with Crippen LogP contribution in [0.4, 0.5) is 0 Å². The smallest absolute Gasteiger partial charge is 0.251 e. The van der Waals surface area contributed by atoms with Gasteiger partial charge in [-0.05, 0) is 55.8 Å². The molecule has 6 nitrogen and oxygen atoms in total. The standard InChI is InChI=1S/C30H34Cl2N4O2/c1-33-16-14-28-30(38)36(20-25(21-8-4-2-5-9-21)22-10-6-3-7-11-22)17-15-24(35-28)19-34-29(37)23-12-13-26(31)27(32)18-23/h2-13,18,24-25,28,33,35H,14-17,19-20H2,1H3,(H,34,37). The van der Waals surface area contributed by atoms with Crippen molar-refractivity contribution in [3.05, 3.63) is 106 Å². The van der Waals surface area contributed by atoms with Gasteiger partial charge in [-0.3, -0.25) is 9.59 Å². The third-order valence-corrected chi connectivity index (χ3v) is 7.71. The fraction of sp³-hybridized carbons (Fsp3) is 0.333. The second kappa shape index (κ2) is 13.8. The summed E-state index contributed by atoms with van der Waals surface area (Å²) in [5.41, 5.74) is 2.81. The van der Waals surface area contributed by atoms with E-state index in [9.17, 15) is 9.59 Å². The molecule has 0 radical (unpaired) electrons. The summed E-state index contributed by atoms with van der Waals surface area (Å²) in [6, 6.07) is 25.1. The predicted molar refractivity (Wildman–Crippen MR) is 154 cm³/mol. The zero-order valence-electron chi connectivity index (χ0n) is 21.5. The van der Waals surface area contributed by atoms with Gasteiger partial charge >= 0.3 is 0 Å². The maximum atomic E-state index is 13.7. The van der Waals surface area contributed by atoms with Crippen molar-refractivity contribution in [1.82, 2.24) is 20.9 Å². The molecule has 3 aromatic rings. The van der Waals surface area contributed by atoms with Gasteiger partial charge in [-0.25, -0.2) is 0 Å². The minimum Gasteiger partial charge on any atom is -0.350 e. The summed E-state index contributed by atoms with van der Waals surface area (Å²) in [5.74, 6) is -0.0644. The van der Waals surface area contributed by atoms with Crippen molar-refractivity contribution in [2.75, 3.05) is 33.2 Å². The van der Waals surface area contributed by atoms with Crippen molar-refractivity contribution in [3.8, 4) is 0 Å². The predicted octanol–water partition coefficient (Wildman–Crippen LogP) is 4.72. The lowest BCUT2D eigenvalue weighted by Gasteiger charge is -2.29. The van der Waals surface area contributed by atoms with E-state index in [1.807, 2.05) is 48.3 Å². The fourth-order valence-electron chi connectivity index (χ4n) is 4.87. The Balaban J connectivity index is 1.49. The maximum absolute atomic E-state index is 13.7. The van der Waals surface area contributed by atoms with E-state index in [0.29, 0.717) is 48.2 Å². The van der Waals surface area contributed by atoms with Gasteiger partial charge in [0.1, 0.15) is 0 Å². The quantitative estimate of drug-likeness (QED) is 0.340. The number of hydrogen-bond donors (Lipinski definition) is 3. The Morgan fingerprint density at radius 1 is 1.00 bits per heavy atom. The number of carbonyl (C=O) groups excluding carboxylic acids is 2. The Labute approximate surface area is 234 Å². The van der Waals surface area contributed by atoms with Crippen molar-refractivity contribution < 1.29 is 9.59 Å². The van der Waals surface area contributed by atoms with Crippen molar-refractivity contribution in [2.45, 2.75) is 30.8 Å². The Bertz CT molecular complexity index is 1170. The summed E-state index contributed by atoms with van der Waals surface area (Å²) < 4.78 is 0. The van der Waals surface area contributed by atoms with Gasteiger partial charge in [-0.2, -0.15) is 0 Å². The average molecular weight is 554 g/mol. The Kier molecular flexibility index (Phi) is 10.2. The average Bonchev–Trinajstić information content (AvgIpc) is 3.09. The molecular weight excluding hydrogens is 519 g/mol. The number of carbonyl (C=O) groups is 2. The van der Waals surface area contributed by atoms with Crippen molar-refractivity contribution in [3.63, 3.8) is 0 Å². The van der Waals surface area contributed by atoms with E-state index in [1.54, 1.807) is 18.2 Å². The zero-order chi connectivity index (χ0) is 26.9. The van der Waals surface area contributed by atoms with Gasteiger partial charge in [0.25, 0.3) is 5.91 Å². The van der Waals surface area contributed by atoms with Crippen molar-refractivity contribution in [1.29, 1.82) is 0 Å². The molecule has 2 amide bonds. The number of nitrogens with zero attached hydrogens (tertiary/aromatic N) is 1. The lowest BCUT2D eigenvalue weighted by atomic mass is 9.90. The molecule has 0 spiro atoms. The SMILES string of the molecule is CNCCC1NC(CNC(=O)c2ccc(Cl)c(Cl)c2)CCN(CC(c2ccccc2)c2ccccc2)C1=O. The van der Waals surface area contributed by atoms with Gasteiger partial charge in [-0.1, -0.05) is 83.9 Å². The molecule has 3 N–H and O–H groups in total. The molecule has 200 valence electrons. The first-order valence-corrected chi connectivity index (χ1v) is 13.7. The van der Waals surface area contributed by atoms with Gasteiger partial charge in [0.2, 0.25) is 5.91 Å². The van der Waals surface area contributed by atoms with E-state index < -0.39 is 0 Å². The lowest BCUT2D eigenvalue weighted by molar-refractivity contribution is -0.133. The van der Waals surface area contributed by atoms with E-state index in [-0.39, 0.29) is 29.8 Å². The van der Waals surface area contributed by atoms with E-state index >= 15 is 0 Å². The second-order valence-corrected chi connectivity index (χ2v) is 10.4. The van der Waals surface area contributed by atoms with Crippen LogP contribution in [-0.4, -0.2) is 62.0 Å². The van der Waals surface area contributed by atoms with Crippen LogP contribution in [0.15, 0.2) is 78.9 Å². The number of benzene rings is 3. The largest absolute Gasteiger partial charge is 0.350 e. The van der Waals surface area contributed by atoms with Crippen LogP contribution in [0.25, 0.3) is 0 Å². The zero-order valence-corrected chi connectivity index (χ0v) is 23.0. The highest BCUT2D eigenvalue weighted by Crippen LogP contribution is 2.27.